The molecule has 100 valence electrons. The average Bonchev–Trinajstić information content (AvgIpc) is 3.17. The summed E-state index contributed by atoms with van der Waals surface area (Å²) in [7, 11) is 0. The van der Waals surface area contributed by atoms with Crippen LogP contribution < -0.4 is 5.32 Å². The van der Waals surface area contributed by atoms with Gasteiger partial charge in [-0.15, -0.1) is 11.3 Å². The maximum absolute atomic E-state index is 12.2. The maximum atomic E-state index is 12.2. The van der Waals surface area contributed by atoms with Gasteiger partial charge < -0.3 is 9.73 Å². The fraction of sp³-hybridized carbons (Fsp3) is 0.0667. The van der Waals surface area contributed by atoms with E-state index in [0.29, 0.717) is 17.1 Å². The van der Waals surface area contributed by atoms with Crippen molar-refractivity contribution in [3.05, 3.63) is 64.9 Å². The smallest absolute Gasteiger partial charge is 0.264 e. The van der Waals surface area contributed by atoms with Crippen LogP contribution in [0.15, 0.2) is 58.7 Å². The summed E-state index contributed by atoms with van der Waals surface area (Å²) >= 11 is 1.34. The number of rotatable bonds is 4. The molecule has 0 atom stereocenters. The van der Waals surface area contributed by atoms with Crippen LogP contribution in [0.5, 0.6) is 0 Å². The predicted molar refractivity (Wildman–Crippen MR) is 77.4 cm³/mol. The van der Waals surface area contributed by atoms with E-state index in [4.69, 9.17) is 4.42 Å². The molecule has 3 aromatic rings. The second kappa shape index (κ2) is 5.71. The lowest BCUT2D eigenvalue weighted by Gasteiger charge is -2.03. The summed E-state index contributed by atoms with van der Waals surface area (Å²) in [6.07, 6.45) is 1.59. The van der Waals surface area contributed by atoms with Crippen LogP contribution in [0, 0.1) is 0 Å². The van der Waals surface area contributed by atoms with Gasteiger partial charge in [0.1, 0.15) is 10.6 Å². The highest BCUT2D eigenvalue weighted by Gasteiger charge is 2.16. The summed E-state index contributed by atoms with van der Waals surface area (Å²) in [5, 5.41) is 2.84. The summed E-state index contributed by atoms with van der Waals surface area (Å²) in [6, 6.07) is 13.3. The van der Waals surface area contributed by atoms with E-state index in [-0.39, 0.29) is 5.91 Å². The molecule has 1 amide bonds. The van der Waals surface area contributed by atoms with E-state index < -0.39 is 0 Å². The van der Waals surface area contributed by atoms with Crippen LogP contribution in [0.2, 0.25) is 0 Å². The molecule has 20 heavy (non-hydrogen) atoms. The minimum Gasteiger partial charge on any atom is -0.467 e. The summed E-state index contributed by atoms with van der Waals surface area (Å²) < 4.78 is 5.19. The quantitative estimate of drug-likeness (QED) is 0.799. The van der Waals surface area contributed by atoms with Crippen molar-refractivity contribution in [2.24, 2.45) is 0 Å². The summed E-state index contributed by atoms with van der Waals surface area (Å²) in [4.78, 5) is 17.1. The molecule has 2 heterocycles. The van der Waals surface area contributed by atoms with Crippen molar-refractivity contribution in [1.29, 1.82) is 0 Å². The lowest BCUT2D eigenvalue weighted by molar-refractivity contribution is 0.0952. The number of thiazole rings is 1. The number of nitrogens with zero attached hydrogens (tertiary/aromatic N) is 1. The maximum Gasteiger partial charge on any atom is 0.264 e. The van der Waals surface area contributed by atoms with Crippen molar-refractivity contribution in [1.82, 2.24) is 10.3 Å². The van der Waals surface area contributed by atoms with Gasteiger partial charge in [0.05, 0.1) is 24.0 Å². The molecule has 0 saturated carbocycles. The molecule has 4 nitrogen and oxygen atoms in total. The van der Waals surface area contributed by atoms with Crippen LogP contribution in [-0.2, 0) is 6.54 Å². The molecule has 2 aromatic heterocycles. The summed E-state index contributed by atoms with van der Waals surface area (Å²) in [5.74, 6) is 0.590. The molecule has 0 spiro atoms. The van der Waals surface area contributed by atoms with Crippen LogP contribution in [0.3, 0.4) is 0 Å². The standard InChI is InChI=1S/C15H12N2O2S/c18-15(16-9-12-7-4-8-19-12)14-13(17-10-20-14)11-5-2-1-3-6-11/h1-8,10H,9H2,(H,16,18). The van der Waals surface area contributed by atoms with E-state index in [1.807, 2.05) is 36.4 Å². The topological polar surface area (TPSA) is 55.1 Å². The molecule has 0 unspecified atom stereocenters. The van der Waals surface area contributed by atoms with Gasteiger partial charge in [-0.3, -0.25) is 4.79 Å². The molecule has 0 saturated heterocycles. The zero-order valence-electron chi connectivity index (χ0n) is 10.6. The molecule has 3 rings (SSSR count). The van der Waals surface area contributed by atoms with Crippen molar-refractivity contribution >= 4 is 17.2 Å². The number of aromatic nitrogens is 1. The molecule has 0 radical (unpaired) electrons. The fourth-order valence-electron chi connectivity index (χ4n) is 1.87. The Kier molecular flexibility index (Phi) is 3.60. The van der Waals surface area contributed by atoms with Gasteiger partial charge in [-0.1, -0.05) is 30.3 Å². The summed E-state index contributed by atoms with van der Waals surface area (Å²) in [5.41, 5.74) is 3.34. The Bertz CT molecular complexity index is 690. The fourth-order valence-corrected chi connectivity index (χ4v) is 2.59. The Balaban J connectivity index is 1.77. The Labute approximate surface area is 120 Å². The Morgan fingerprint density at radius 1 is 1.20 bits per heavy atom. The number of hydrogen-bond acceptors (Lipinski definition) is 4. The number of furan rings is 1. The zero-order valence-corrected chi connectivity index (χ0v) is 11.4. The van der Waals surface area contributed by atoms with E-state index >= 15 is 0 Å². The van der Waals surface area contributed by atoms with Crippen LogP contribution in [0.1, 0.15) is 15.4 Å². The number of hydrogen-bond donors (Lipinski definition) is 1. The van der Waals surface area contributed by atoms with Gasteiger partial charge in [-0.25, -0.2) is 4.98 Å². The molecular weight excluding hydrogens is 272 g/mol. The highest BCUT2D eigenvalue weighted by atomic mass is 32.1. The molecule has 1 N–H and O–H groups in total. The third-order valence-electron chi connectivity index (χ3n) is 2.82. The molecule has 1 aromatic carbocycles. The predicted octanol–water partition coefficient (Wildman–Crippen LogP) is 3.33. The highest BCUT2D eigenvalue weighted by molar-refractivity contribution is 7.12. The van der Waals surface area contributed by atoms with Gasteiger partial charge in [-0.2, -0.15) is 0 Å². The molecular formula is C15H12N2O2S. The molecule has 0 bridgehead atoms. The van der Waals surface area contributed by atoms with E-state index in [9.17, 15) is 4.79 Å². The normalized spacial score (nSPS) is 10.4. The molecule has 0 aliphatic carbocycles. The van der Waals surface area contributed by atoms with Gasteiger partial charge in [0.15, 0.2) is 0 Å². The first-order chi connectivity index (χ1) is 9.84. The molecule has 0 aliphatic rings. The number of carbonyl (C=O) groups is 1. The van der Waals surface area contributed by atoms with Gasteiger partial charge >= 0.3 is 0 Å². The minimum atomic E-state index is -0.136. The largest absolute Gasteiger partial charge is 0.467 e. The Morgan fingerprint density at radius 3 is 2.80 bits per heavy atom. The minimum absolute atomic E-state index is 0.136. The Morgan fingerprint density at radius 2 is 2.05 bits per heavy atom. The lowest BCUT2D eigenvalue weighted by atomic mass is 10.1. The number of nitrogens with one attached hydrogen (secondary N) is 1. The van der Waals surface area contributed by atoms with Crippen LogP contribution >= 0.6 is 11.3 Å². The van der Waals surface area contributed by atoms with Gasteiger partial charge in [0, 0.05) is 5.56 Å². The van der Waals surface area contributed by atoms with Crippen molar-refractivity contribution in [2.45, 2.75) is 6.54 Å². The number of amides is 1. The van der Waals surface area contributed by atoms with Crippen LogP contribution in [-0.4, -0.2) is 10.9 Å². The molecule has 0 fully saturated rings. The van der Waals surface area contributed by atoms with Crippen molar-refractivity contribution in [2.75, 3.05) is 0 Å². The van der Waals surface area contributed by atoms with Gasteiger partial charge in [0.2, 0.25) is 0 Å². The lowest BCUT2D eigenvalue weighted by Crippen LogP contribution is -2.22. The second-order valence-electron chi connectivity index (χ2n) is 4.16. The van der Waals surface area contributed by atoms with Crippen molar-refractivity contribution in [3.63, 3.8) is 0 Å². The van der Waals surface area contributed by atoms with E-state index in [2.05, 4.69) is 10.3 Å². The average molecular weight is 284 g/mol. The third-order valence-corrected chi connectivity index (χ3v) is 3.65. The van der Waals surface area contributed by atoms with Crippen molar-refractivity contribution in [3.8, 4) is 11.3 Å². The SMILES string of the molecule is O=C(NCc1ccco1)c1scnc1-c1ccccc1. The van der Waals surface area contributed by atoms with Gasteiger partial charge in [-0.05, 0) is 12.1 Å². The molecule has 0 aliphatic heterocycles. The first-order valence-corrected chi connectivity index (χ1v) is 7.02. The molecule has 5 heteroatoms. The van der Waals surface area contributed by atoms with E-state index in [0.717, 1.165) is 11.3 Å². The van der Waals surface area contributed by atoms with E-state index in [1.54, 1.807) is 17.8 Å². The first-order valence-electron chi connectivity index (χ1n) is 6.14. The van der Waals surface area contributed by atoms with E-state index in [1.165, 1.54) is 11.3 Å². The monoisotopic (exact) mass is 284 g/mol. The van der Waals surface area contributed by atoms with Crippen molar-refractivity contribution < 1.29 is 9.21 Å². The highest BCUT2D eigenvalue weighted by Crippen LogP contribution is 2.25. The first kappa shape index (κ1) is 12.6. The third kappa shape index (κ3) is 2.62. The van der Waals surface area contributed by atoms with Gasteiger partial charge in [0.25, 0.3) is 5.91 Å². The van der Waals surface area contributed by atoms with Crippen LogP contribution in [0.25, 0.3) is 11.3 Å². The number of carbonyl (C=O) groups excluding carboxylic acids is 1. The zero-order chi connectivity index (χ0) is 13.8. The second-order valence-corrected chi connectivity index (χ2v) is 5.01. The Hall–Kier alpha value is -2.40. The van der Waals surface area contributed by atoms with Crippen LogP contribution in [0.4, 0.5) is 0 Å². The number of benzene rings is 1. The summed E-state index contributed by atoms with van der Waals surface area (Å²) in [6.45, 7) is 0.373.